The molecular formula is C8H19MoO3P. The predicted molar refractivity (Wildman–Crippen MR) is 50.3 cm³/mol. The zero-order chi connectivity index (χ0) is 9.61. The summed E-state index contributed by atoms with van der Waals surface area (Å²) >= 11 is 0. The summed E-state index contributed by atoms with van der Waals surface area (Å²) in [4.78, 5) is 17.5. The Bertz CT molecular complexity index is 157. The van der Waals surface area contributed by atoms with E-state index in [2.05, 4.69) is 6.92 Å². The zero-order valence-electron chi connectivity index (χ0n) is 8.27. The van der Waals surface area contributed by atoms with Gasteiger partial charge in [-0.1, -0.05) is 39.5 Å². The molecular weight excluding hydrogens is 271 g/mol. The minimum absolute atomic E-state index is 0. The summed E-state index contributed by atoms with van der Waals surface area (Å²) < 4.78 is 10.7. The van der Waals surface area contributed by atoms with Crippen molar-refractivity contribution in [3.05, 3.63) is 0 Å². The molecule has 0 aromatic heterocycles. The van der Waals surface area contributed by atoms with Crippen LogP contribution in [0.25, 0.3) is 0 Å². The van der Waals surface area contributed by atoms with Crippen LogP contribution in [0.15, 0.2) is 0 Å². The van der Waals surface area contributed by atoms with Gasteiger partial charge in [0.15, 0.2) is 0 Å². The summed E-state index contributed by atoms with van der Waals surface area (Å²) in [5.41, 5.74) is -0.464. The van der Waals surface area contributed by atoms with Crippen molar-refractivity contribution < 1.29 is 35.4 Å². The molecule has 80 valence electrons. The third-order valence-electron chi connectivity index (χ3n) is 2.05. The van der Waals surface area contributed by atoms with Gasteiger partial charge in [0.25, 0.3) is 0 Å². The summed E-state index contributed by atoms with van der Waals surface area (Å²) in [5, 5.41) is 0. The van der Waals surface area contributed by atoms with Crippen LogP contribution < -0.4 is 0 Å². The van der Waals surface area contributed by atoms with Crippen LogP contribution >= 0.6 is 7.60 Å². The van der Waals surface area contributed by atoms with Gasteiger partial charge in [0, 0.05) is 21.1 Å². The standard InChI is InChI=1S/C8H19O3P.Mo/c1-3-4-5-6-7-8(2)12(9,10)11;/h8H,3-7H2,1-2H3,(H2,9,10,11);. The van der Waals surface area contributed by atoms with E-state index in [1.807, 2.05) is 0 Å². The molecule has 0 fully saturated rings. The van der Waals surface area contributed by atoms with E-state index in [0.29, 0.717) is 6.42 Å². The number of hydrogen-bond donors (Lipinski definition) is 2. The Morgan fingerprint density at radius 3 is 2.15 bits per heavy atom. The van der Waals surface area contributed by atoms with Gasteiger partial charge in [-0.15, -0.1) is 0 Å². The van der Waals surface area contributed by atoms with E-state index in [4.69, 9.17) is 9.79 Å². The maximum Gasteiger partial charge on any atom is 0.328 e. The minimum atomic E-state index is -3.81. The van der Waals surface area contributed by atoms with Gasteiger partial charge in [0.2, 0.25) is 0 Å². The van der Waals surface area contributed by atoms with Gasteiger partial charge in [-0.25, -0.2) is 0 Å². The van der Waals surface area contributed by atoms with Crippen molar-refractivity contribution in [2.45, 2.75) is 51.6 Å². The van der Waals surface area contributed by atoms with Crippen LogP contribution in [0.5, 0.6) is 0 Å². The second-order valence-electron chi connectivity index (χ2n) is 3.29. The molecule has 0 saturated heterocycles. The van der Waals surface area contributed by atoms with Crippen molar-refractivity contribution >= 4 is 7.60 Å². The molecule has 0 aliphatic rings. The van der Waals surface area contributed by atoms with Crippen molar-refractivity contribution in [3.63, 3.8) is 0 Å². The Morgan fingerprint density at radius 2 is 1.77 bits per heavy atom. The van der Waals surface area contributed by atoms with Gasteiger partial charge in [-0.3, -0.25) is 4.57 Å². The van der Waals surface area contributed by atoms with Crippen LogP contribution in [-0.2, 0) is 25.6 Å². The summed E-state index contributed by atoms with van der Waals surface area (Å²) in [7, 11) is -3.81. The molecule has 0 radical (unpaired) electrons. The van der Waals surface area contributed by atoms with Gasteiger partial charge >= 0.3 is 7.60 Å². The molecule has 0 aliphatic carbocycles. The first-order chi connectivity index (χ1) is 5.48. The van der Waals surface area contributed by atoms with Crippen molar-refractivity contribution in [3.8, 4) is 0 Å². The Kier molecular flexibility index (Phi) is 10.2. The SMILES string of the molecule is CCCCCCC(C)P(=O)(O)O.[Mo]. The topological polar surface area (TPSA) is 57.5 Å². The van der Waals surface area contributed by atoms with E-state index < -0.39 is 13.3 Å². The molecule has 13 heavy (non-hydrogen) atoms. The van der Waals surface area contributed by atoms with E-state index >= 15 is 0 Å². The van der Waals surface area contributed by atoms with Gasteiger partial charge in [0.1, 0.15) is 0 Å². The van der Waals surface area contributed by atoms with Crippen molar-refractivity contribution in [1.82, 2.24) is 0 Å². The van der Waals surface area contributed by atoms with Crippen LogP contribution in [0.1, 0.15) is 46.0 Å². The first-order valence-corrected chi connectivity index (χ1v) is 6.22. The molecule has 5 heteroatoms. The van der Waals surface area contributed by atoms with E-state index in [9.17, 15) is 4.57 Å². The molecule has 3 nitrogen and oxygen atoms in total. The first kappa shape index (κ1) is 16.3. The smallest absolute Gasteiger partial charge is 0.324 e. The molecule has 1 atom stereocenters. The monoisotopic (exact) mass is 292 g/mol. The van der Waals surface area contributed by atoms with Gasteiger partial charge in [0.05, 0.1) is 5.66 Å². The molecule has 1 unspecified atom stereocenters. The third kappa shape index (κ3) is 9.15. The Hall–Kier alpha value is 0.838. The fourth-order valence-corrected chi connectivity index (χ4v) is 1.55. The maximum absolute atomic E-state index is 10.7. The van der Waals surface area contributed by atoms with Crippen molar-refractivity contribution in [1.29, 1.82) is 0 Å². The van der Waals surface area contributed by atoms with E-state index in [1.165, 1.54) is 0 Å². The molecule has 0 aromatic carbocycles. The summed E-state index contributed by atoms with van der Waals surface area (Å²) in [6.45, 7) is 3.74. The first-order valence-electron chi connectivity index (χ1n) is 4.53. The largest absolute Gasteiger partial charge is 0.328 e. The van der Waals surface area contributed by atoms with Crippen LogP contribution in [-0.4, -0.2) is 15.4 Å². The molecule has 0 aromatic rings. The molecule has 2 N–H and O–H groups in total. The average molecular weight is 290 g/mol. The Morgan fingerprint density at radius 1 is 1.23 bits per heavy atom. The van der Waals surface area contributed by atoms with Gasteiger partial charge in [-0.05, 0) is 6.42 Å². The van der Waals surface area contributed by atoms with E-state index in [-0.39, 0.29) is 21.1 Å². The molecule has 0 bridgehead atoms. The second-order valence-corrected chi connectivity index (χ2v) is 5.35. The predicted octanol–water partition coefficient (Wildman–Crippen LogP) is 2.52. The number of rotatable bonds is 6. The van der Waals surface area contributed by atoms with Crippen LogP contribution in [0.2, 0.25) is 0 Å². The fourth-order valence-electron chi connectivity index (χ4n) is 1.03. The molecule has 0 heterocycles. The van der Waals surface area contributed by atoms with Crippen LogP contribution in [0.4, 0.5) is 0 Å². The van der Waals surface area contributed by atoms with Crippen LogP contribution in [0, 0.1) is 0 Å². The van der Waals surface area contributed by atoms with E-state index in [1.54, 1.807) is 6.92 Å². The molecule has 0 aliphatic heterocycles. The Balaban J connectivity index is 0. The van der Waals surface area contributed by atoms with E-state index in [0.717, 1.165) is 25.7 Å². The normalized spacial score (nSPS) is 13.5. The zero-order valence-corrected chi connectivity index (χ0v) is 11.2. The molecule has 0 saturated carbocycles. The van der Waals surface area contributed by atoms with Crippen molar-refractivity contribution in [2.75, 3.05) is 0 Å². The number of hydrogen-bond acceptors (Lipinski definition) is 1. The number of unbranched alkanes of at least 4 members (excludes halogenated alkanes) is 3. The maximum atomic E-state index is 10.7. The summed E-state index contributed by atoms with van der Waals surface area (Å²) in [6, 6.07) is 0. The quantitative estimate of drug-likeness (QED) is 0.449. The van der Waals surface area contributed by atoms with Crippen molar-refractivity contribution in [2.24, 2.45) is 0 Å². The second kappa shape index (κ2) is 8.17. The van der Waals surface area contributed by atoms with Gasteiger partial charge < -0.3 is 9.79 Å². The summed E-state index contributed by atoms with van der Waals surface area (Å²) in [6.07, 6.45) is 4.98. The third-order valence-corrected chi connectivity index (χ3v) is 3.46. The Labute approximate surface area is 94.7 Å². The summed E-state index contributed by atoms with van der Waals surface area (Å²) in [5.74, 6) is 0. The fraction of sp³-hybridized carbons (Fsp3) is 1.00. The molecule has 0 amide bonds. The van der Waals surface area contributed by atoms with Gasteiger partial charge in [-0.2, -0.15) is 0 Å². The average Bonchev–Trinajstić information content (AvgIpc) is 1.96. The molecule has 0 spiro atoms. The van der Waals surface area contributed by atoms with Crippen LogP contribution in [0.3, 0.4) is 0 Å². The minimum Gasteiger partial charge on any atom is -0.324 e. The molecule has 0 rings (SSSR count).